The SMILES string of the molecule is Brc1cscc1Br.CCC[CH2][Sn]([CH2]CCC)([CH2]CCC)[c]1cccc(C)n1.Cc1cccc(-c2cscc2-c2ccc3ncc(C(N)=O)n3c2)n1.NC(=O)c1cnc2ccc(-c3cscc3Br)cn12. The molecule has 9 rings (SSSR count). The average molecular weight is 1280 g/mol. The van der Waals surface area contributed by atoms with Gasteiger partial charge in [0.25, 0.3) is 11.8 Å². The van der Waals surface area contributed by atoms with E-state index in [-0.39, 0.29) is 0 Å². The summed E-state index contributed by atoms with van der Waals surface area (Å²) in [6, 6.07) is 20.5. The van der Waals surface area contributed by atoms with E-state index >= 15 is 0 Å². The van der Waals surface area contributed by atoms with Crippen molar-refractivity contribution < 1.29 is 9.59 Å². The van der Waals surface area contributed by atoms with Gasteiger partial charge in [0.15, 0.2) is 0 Å². The van der Waals surface area contributed by atoms with Crippen LogP contribution >= 0.6 is 81.8 Å². The number of carbonyl (C=O) groups is 2. The van der Waals surface area contributed by atoms with Crippen LogP contribution in [-0.4, -0.2) is 58.9 Å². The molecule has 2 amide bonds. The second-order valence-corrected chi connectivity index (χ2v) is 34.5. The molecule has 17 heteroatoms. The second-order valence-electron chi connectivity index (χ2n) is 16.6. The topological polar surface area (TPSA) is 147 Å². The number of hydrogen-bond donors (Lipinski definition) is 2. The molecular weight excluding hydrogens is 1220 g/mol. The van der Waals surface area contributed by atoms with Crippen molar-refractivity contribution in [3.8, 4) is 33.5 Å². The van der Waals surface area contributed by atoms with Gasteiger partial charge in [-0.1, -0.05) is 6.07 Å². The van der Waals surface area contributed by atoms with Crippen LogP contribution in [-0.2, 0) is 0 Å². The number of amides is 2. The molecule has 0 aliphatic rings. The van der Waals surface area contributed by atoms with E-state index in [1.165, 1.54) is 69.9 Å². The third kappa shape index (κ3) is 14.3. The van der Waals surface area contributed by atoms with E-state index in [0.29, 0.717) is 22.7 Å². The van der Waals surface area contributed by atoms with E-state index in [0.717, 1.165) is 52.6 Å². The minimum Gasteiger partial charge on any atom is -0.364 e. The number of thiophene rings is 3. The van der Waals surface area contributed by atoms with E-state index in [2.05, 4.69) is 119 Å². The number of hydrogen-bond acceptors (Lipinski definition) is 9. The van der Waals surface area contributed by atoms with Crippen LogP contribution in [0.25, 0.3) is 44.8 Å². The van der Waals surface area contributed by atoms with Gasteiger partial charge in [-0.3, -0.25) is 23.4 Å². The first-order valence-electron chi connectivity index (χ1n) is 22.9. The summed E-state index contributed by atoms with van der Waals surface area (Å²) < 4.78 is 12.9. The fourth-order valence-corrected chi connectivity index (χ4v) is 27.7. The van der Waals surface area contributed by atoms with E-state index in [1.807, 2.05) is 83.3 Å². The van der Waals surface area contributed by atoms with E-state index in [4.69, 9.17) is 16.5 Å². The Morgan fingerprint density at radius 2 is 1.01 bits per heavy atom. The van der Waals surface area contributed by atoms with Gasteiger partial charge in [0.1, 0.15) is 22.7 Å². The van der Waals surface area contributed by atoms with Gasteiger partial charge in [0.05, 0.1) is 18.1 Å². The Kier molecular flexibility index (Phi) is 20.8. The van der Waals surface area contributed by atoms with Crippen LogP contribution < -0.4 is 15.2 Å². The number of nitrogens with zero attached hydrogens (tertiary/aromatic N) is 6. The van der Waals surface area contributed by atoms with Crippen molar-refractivity contribution >= 4 is 127 Å². The Labute approximate surface area is 446 Å². The number of pyridine rings is 4. The molecular formula is C52H57Br3N8O2S3Sn. The molecule has 0 spiro atoms. The molecule has 0 aliphatic carbocycles. The zero-order chi connectivity index (χ0) is 49.5. The van der Waals surface area contributed by atoms with Crippen molar-refractivity contribution in [2.24, 2.45) is 11.5 Å². The van der Waals surface area contributed by atoms with Gasteiger partial charge in [0.2, 0.25) is 0 Å². The quantitative estimate of drug-likeness (QED) is 0.0977. The maximum absolute atomic E-state index is 11.6. The molecule has 0 unspecified atom stereocenters. The molecule has 69 heavy (non-hydrogen) atoms. The van der Waals surface area contributed by atoms with E-state index in [9.17, 15) is 9.59 Å². The number of carbonyl (C=O) groups excluding carboxylic acids is 2. The number of unbranched alkanes of at least 4 members (excludes halogenated alkanes) is 3. The Balaban J connectivity index is 0.000000160. The fraction of sp³-hybridized carbons (Fsp3) is 0.269. The Morgan fingerprint density at radius 1 is 0.565 bits per heavy atom. The molecule has 0 saturated heterocycles. The summed E-state index contributed by atoms with van der Waals surface area (Å²) in [4.78, 5) is 40.8. The monoisotopic (exact) mass is 1280 g/mol. The molecule has 10 nitrogen and oxygen atoms in total. The zero-order valence-electron chi connectivity index (χ0n) is 39.4. The van der Waals surface area contributed by atoms with Crippen molar-refractivity contribution in [3.63, 3.8) is 0 Å². The van der Waals surface area contributed by atoms with Gasteiger partial charge in [-0.15, -0.1) is 0 Å². The minimum absolute atomic E-state index is 0.373. The number of fused-ring (bicyclic) bond motifs is 2. The summed E-state index contributed by atoms with van der Waals surface area (Å²) in [5.41, 5.74) is 21.3. The van der Waals surface area contributed by atoms with Crippen LogP contribution in [0.5, 0.6) is 0 Å². The molecule has 0 atom stereocenters. The number of imidazole rings is 2. The fourth-order valence-electron chi connectivity index (χ4n) is 7.95. The second kappa shape index (κ2) is 26.4. The molecule has 0 fully saturated rings. The first kappa shape index (κ1) is 54.3. The smallest absolute Gasteiger partial charge is 0.267 e. The Bertz CT molecular complexity index is 3070. The average Bonchev–Trinajstić information content (AvgIpc) is 4.21. The third-order valence-corrected chi connectivity index (χ3v) is 32.4. The van der Waals surface area contributed by atoms with Crippen LogP contribution in [0.2, 0.25) is 13.3 Å². The number of nitrogens with two attached hydrogens (primary N) is 2. The third-order valence-electron chi connectivity index (χ3n) is 11.6. The Hall–Kier alpha value is -4.04. The van der Waals surface area contributed by atoms with Crippen LogP contribution in [0.1, 0.15) is 91.7 Å². The molecule has 4 N–H and O–H groups in total. The minimum atomic E-state index is -2.25. The van der Waals surface area contributed by atoms with Crippen LogP contribution in [0.3, 0.4) is 0 Å². The first-order valence-corrected chi connectivity index (χ1v) is 35.6. The van der Waals surface area contributed by atoms with E-state index in [1.54, 1.807) is 46.5 Å². The van der Waals surface area contributed by atoms with Crippen molar-refractivity contribution in [1.29, 1.82) is 0 Å². The Morgan fingerprint density at radius 3 is 1.46 bits per heavy atom. The number of halogens is 3. The van der Waals surface area contributed by atoms with Crippen molar-refractivity contribution in [3.05, 3.63) is 154 Å². The van der Waals surface area contributed by atoms with Gasteiger partial charge in [-0.05, 0) is 107 Å². The number of aryl methyl sites for hydroxylation is 2. The molecule has 0 radical (unpaired) electrons. The van der Waals surface area contributed by atoms with Gasteiger partial charge < -0.3 is 11.5 Å². The van der Waals surface area contributed by atoms with Gasteiger partial charge in [-0.2, -0.15) is 34.0 Å². The van der Waals surface area contributed by atoms with Crippen molar-refractivity contribution in [1.82, 2.24) is 28.7 Å². The summed E-state index contributed by atoms with van der Waals surface area (Å²) in [5.74, 6) is -0.977. The molecule has 0 bridgehead atoms. The molecule has 9 aromatic rings. The zero-order valence-corrected chi connectivity index (χ0v) is 49.5. The van der Waals surface area contributed by atoms with Crippen molar-refractivity contribution in [2.45, 2.75) is 86.5 Å². The molecule has 9 aromatic heterocycles. The summed E-state index contributed by atoms with van der Waals surface area (Å²) in [5, 5.41) is 12.3. The van der Waals surface area contributed by atoms with Gasteiger partial charge in [-0.25, -0.2) is 9.97 Å². The number of primary amides is 2. The van der Waals surface area contributed by atoms with Gasteiger partial charge >= 0.3 is 130 Å². The van der Waals surface area contributed by atoms with Crippen LogP contribution in [0, 0.1) is 13.8 Å². The van der Waals surface area contributed by atoms with E-state index < -0.39 is 30.2 Å². The molecule has 0 saturated carbocycles. The number of aromatic nitrogens is 6. The summed E-state index contributed by atoms with van der Waals surface area (Å²) in [6.07, 6.45) is 15.0. The summed E-state index contributed by atoms with van der Waals surface area (Å²) >= 11 is 12.8. The van der Waals surface area contributed by atoms with Crippen LogP contribution in [0.15, 0.2) is 131 Å². The maximum atomic E-state index is 11.6. The summed E-state index contributed by atoms with van der Waals surface area (Å²) in [6.45, 7) is 11.1. The van der Waals surface area contributed by atoms with Crippen molar-refractivity contribution in [2.75, 3.05) is 0 Å². The first-order chi connectivity index (χ1) is 33.3. The predicted molar refractivity (Wildman–Crippen MR) is 303 cm³/mol. The molecule has 9 heterocycles. The molecule has 0 aliphatic heterocycles. The van der Waals surface area contributed by atoms with Gasteiger partial charge in [0, 0.05) is 75.3 Å². The summed E-state index contributed by atoms with van der Waals surface area (Å²) in [7, 11) is 0. The normalized spacial score (nSPS) is 11.1. The van der Waals surface area contributed by atoms with Crippen LogP contribution in [0.4, 0.5) is 0 Å². The number of rotatable bonds is 15. The molecule has 0 aromatic carbocycles. The molecule has 360 valence electrons. The maximum Gasteiger partial charge on any atom is 0.267 e. The standard InChI is InChI=1S/C18H14N4OS.C12H8BrN3OS.C6H6N.C4H2Br2S.3C4H9.Sn/c1-11-3-2-4-15(21-11)14-10-24-9-13(14)12-5-6-17-20-7-16(18(19)23)22(17)8-12;13-9-6-18-5-8(9)7-1-2-11-15-3-10(12(14)17)16(11)4-7;1-6-4-2-3-5-7-6;5-3-1-7-2-4(3)6;3*1-3-4-2;/h2-10H,1H3,(H2,19,23);1-6H,(H2,14,17);2-4H,1H3;1-2H;3*1,3-4H2,2H3;. The predicted octanol–water partition coefficient (Wildman–Crippen LogP) is 15.2. The largest absolute Gasteiger partial charge is 0.364 e.